The van der Waals surface area contributed by atoms with Gasteiger partial charge >= 0.3 is 0 Å². The predicted octanol–water partition coefficient (Wildman–Crippen LogP) is 1.21. The Labute approximate surface area is 115 Å². The normalized spacial score (nSPS) is 18.3. The standard InChI is InChI=1S/C13H23N3O2S/c1-13(5-4-6-13)10-15-19(17,18)12-7-11(8-14-2)16(3)9-12/h7,9,14-15H,4-6,8,10H2,1-3H3. The van der Waals surface area contributed by atoms with Gasteiger partial charge in [-0.05, 0) is 31.4 Å². The molecular formula is C13H23N3O2S. The quantitative estimate of drug-likeness (QED) is 0.826. The van der Waals surface area contributed by atoms with Crippen molar-refractivity contribution in [2.75, 3.05) is 13.6 Å². The van der Waals surface area contributed by atoms with Crippen LogP contribution in [0.4, 0.5) is 0 Å². The van der Waals surface area contributed by atoms with Crippen molar-refractivity contribution in [2.24, 2.45) is 12.5 Å². The summed E-state index contributed by atoms with van der Waals surface area (Å²) in [6.07, 6.45) is 5.08. The first-order valence-corrected chi connectivity index (χ1v) is 8.14. The lowest BCUT2D eigenvalue weighted by molar-refractivity contribution is 0.166. The average Bonchev–Trinajstić information content (AvgIpc) is 2.68. The minimum Gasteiger partial charge on any atom is -0.352 e. The number of rotatable bonds is 6. The number of nitrogens with one attached hydrogen (secondary N) is 2. The molecule has 0 aliphatic heterocycles. The van der Waals surface area contributed by atoms with Crippen molar-refractivity contribution in [3.05, 3.63) is 18.0 Å². The molecule has 0 atom stereocenters. The van der Waals surface area contributed by atoms with E-state index in [4.69, 9.17) is 0 Å². The van der Waals surface area contributed by atoms with Crippen molar-refractivity contribution in [1.29, 1.82) is 0 Å². The Bertz CT molecular complexity index is 544. The summed E-state index contributed by atoms with van der Waals surface area (Å²) in [5.41, 5.74) is 1.10. The maximum atomic E-state index is 12.2. The lowest BCUT2D eigenvalue weighted by Gasteiger charge is -2.38. The van der Waals surface area contributed by atoms with Crippen LogP contribution in [-0.2, 0) is 23.6 Å². The maximum absolute atomic E-state index is 12.2. The zero-order valence-corrected chi connectivity index (χ0v) is 12.7. The summed E-state index contributed by atoms with van der Waals surface area (Å²) in [7, 11) is 0.316. The molecule has 1 aliphatic carbocycles. The predicted molar refractivity (Wildman–Crippen MR) is 75.3 cm³/mol. The van der Waals surface area contributed by atoms with Gasteiger partial charge in [0.25, 0.3) is 0 Å². The third-order valence-electron chi connectivity index (χ3n) is 4.00. The summed E-state index contributed by atoms with van der Waals surface area (Å²) < 4.78 is 29.1. The van der Waals surface area contributed by atoms with Gasteiger partial charge in [-0.1, -0.05) is 13.3 Å². The van der Waals surface area contributed by atoms with Gasteiger partial charge in [0, 0.05) is 32.0 Å². The number of nitrogens with zero attached hydrogens (tertiary/aromatic N) is 1. The molecule has 0 bridgehead atoms. The monoisotopic (exact) mass is 285 g/mol. The molecule has 0 radical (unpaired) electrons. The van der Waals surface area contributed by atoms with Crippen molar-refractivity contribution in [1.82, 2.24) is 14.6 Å². The molecular weight excluding hydrogens is 262 g/mol. The third-order valence-corrected chi connectivity index (χ3v) is 5.37. The van der Waals surface area contributed by atoms with Gasteiger partial charge in [0.2, 0.25) is 10.0 Å². The second-order valence-corrected chi connectivity index (χ2v) is 7.56. The third kappa shape index (κ3) is 3.19. The van der Waals surface area contributed by atoms with Gasteiger partial charge in [-0.25, -0.2) is 13.1 Å². The Kier molecular flexibility index (Phi) is 4.03. The highest BCUT2D eigenvalue weighted by Gasteiger charge is 2.33. The Morgan fingerprint density at radius 2 is 2.11 bits per heavy atom. The van der Waals surface area contributed by atoms with E-state index in [1.54, 1.807) is 12.3 Å². The van der Waals surface area contributed by atoms with Crippen LogP contribution in [0.5, 0.6) is 0 Å². The molecule has 1 aromatic rings. The van der Waals surface area contributed by atoms with E-state index in [9.17, 15) is 8.42 Å². The average molecular weight is 285 g/mol. The van der Waals surface area contributed by atoms with Gasteiger partial charge in [-0.3, -0.25) is 0 Å². The molecule has 0 unspecified atom stereocenters. The van der Waals surface area contributed by atoms with E-state index in [1.807, 2.05) is 18.7 Å². The zero-order valence-electron chi connectivity index (χ0n) is 11.9. The molecule has 2 rings (SSSR count). The molecule has 108 valence electrons. The number of hydrogen-bond donors (Lipinski definition) is 2. The second-order valence-electron chi connectivity index (χ2n) is 5.80. The van der Waals surface area contributed by atoms with Crippen molar-refractivity contribution in [3.63, 3.8) is 0 Å². The Balaban J connectivity index is 2.08. The molecule has 1 aromatic heterocycles. The van der Waals surface area contributed by atoms with Gasteiger partial charge in [-0.15, -0.1) is 0 Å². The van der Waals surface area contributed by atoms with Crippen molar-refractivity contribution >= 4 is 10.0 Å². The van der Waals surface area contributed by atoms with Crippen molar-refractivity contribution in [2.45, 2.75) is 37.6 Å². The lowest BCUT2D eigenvalue weighted by atomic mass is 9.71. The maximum Gasteiger partial charge on any atom is 0.242 e. The molecule has 2 N–H and O–H groups in total. The smallest absolute Gasteiger partial charge is 0.242 e. The van der Waals surface area contributed by atoms with Crippen LogP contribution in [0.25, 0.3) is 0 Å². The highest BCUT2D eigenvalue weighted by atomic mass is 32.2. The molecule has 0 aromatic carbocycles. The fraction of sp³-hybridized carbons (Fsp3) is 0.692. The molecule has 0 amide bonds. The molecule has 0 saturated heterocycles. The van der Waals surface area contributed by atoms with Crippen LogP contribution in [0, 0.1) is 5.41 Å². The molecule has 1 fully saturated rings. The fourth-order valence-corrected chi connectivity index (χ4v) is 3.68. The van der Waals surface area contributed by atoms with E-state index in [-0.39, 0.29) is 5.41 Å². The van der Waals surface area contributed by atoms with Gasteiger partial charge in [0.15, 0.2) is 0 Å². The summed E-state index contributed by atoms with van der Waals surface area (Å²) >= 11 is 0. The first-order valence-electron chi connectivity index (χ1n) is 6.66. The molecule has 1 aliphatic rings. The molecule has 6 heteroatoms. The largest absolute Gasteiger partial charge is 0.352 e. The summed E-state index contributed by atoms with van der Waals surface area (Å²) in [6, 6.07) is 1.72. The number of aromatic nitrogens is 1. The Morgan fingerprint density at radius 3 is 2.63 bits per heavy atom. The summed E-state index contributed by atoms with van der Waals surface area (Å²) in [4.78, 5) is 0.350. The van der Waals surface area contributed by atoms with Crippen LogP contribution in [0.2, 0.25) is 0 Å². The summed E-state index contributed by atoms with van der Waals surface area (Å²) in [6.45, 7) is 3.33. The van der Waals surface area contributed by atoms with E-state index in [0.29, 0.717) is 18.0 Å². The van der Waals surface area contributed by atoms with E-state index >= 15 is 0 Å². The van der Waals surface area contributed by atoms with Gasteiger partial charge < -0.3 is 9.88 Å². The van der Waals surface area contributed by atoms with Crippen molar-refractivity contribution in [3.8, 4) is 0 Å². The van der Waals surface area contributed by atoms with Crippen LogP contribution in [-0.4, -0.2) is 26.6 Å². The fourth-order valence-electron chi connectivity index (χ4n) is 2.39. The van der Waals surface area contributed by atoms with Gasteiger partial charge in [0.05, 0.1) is 4.90 Å². The molecule has 19 heavy (non-hydrogen) atoms. The molecule has 0 spiro atoms. The lowest BCUT2D eigenvalue weighted by Crippen LogP contribution is -2.39. The minimum absolute atomic E-state index is 0.148. The van der Waals surface area contributed by atoms with Crippen LogP contribution in [0.3, 0.4) is 0 Å². The number of sulfonamides is 1. The number of aryl methyl sites for hydroxylation is 1. The Hall–Kier alpha value is -0.850. The zero-order chi connectivity index (χ0) is 14.1. The molecule has 1 saturated carbocycles. The van der Waals surface area contributed by atoms with E-state index in [0.717, 1.165) is 18.5 Å². The summed E-state index contributed by atoms with van der Waals surface area (Å²) in [5, 5.41) is 3.03. The first-order chi connectivity index (χ1) is 8.86. The van der Waals surface area contributed by atoms with Crippen LogP contribution in [0.1, 0.15) is 31.9 Å². The van der Waals surface area contributed by atoms with Crippen LogP contribution >= 0.6 is 0 Å². The summed E-state index contributed by atoms with van der Waals surface area (Å²) in [5.74, 6) is 0. The van der Waals surface area contributed by atoms with Gasteiger partial charge in [0.1, 0.15) is 0 Å². The van der Waals surface area contributed by atoms with Crippen LogP contribution < -0.4 is 10.0 Å². The number of hydrogen-bond acceptors (Lipinski definition) is 3. The highest BCUT2D eigenvalue weighted by molar-refractivity contribution is 7.89. The molecule has 5 nitrogen and oxygen atoms in total. The van der Waals surface area contributed by atoms with E-state index in [2.05, 4.69) is 17.0 Å². The van der Waals surface area contributed by atoms with E-state index in [1.165, 1.54) is 6.42 Å². The topological polar surface area (TPSA) is 63.1 Å². The van der Waals surface area contributed by atoms with Gasteiger partial charge in [-0.2, -0.15) is 0 Å². The van der Waals surface area contributed by atoms with Crippen LogP contribution in [0.15, 0.2) is 17.2 Å². The Morgan fingerprint density at radius 1 is 1.42 bits per heavy atom. The second kappa shape index (κ2) is 5.26. The van der Waals surface area contributed by atoms with E-state index < -0.39 is 10.0 Å². The molecule has 1 heterocycles. The van der Waals surface area contributed by atoms with Crippen molar-refractivity contribution < 1.29 is 8.42 Å². The first kappa shape index (κ1) is 14.6. The SMILES string of the molecule is CNCc1cc(S(=O)(=O)NCC2(C)CCC2)cn1C. The minimum atomic E-state index is -3.39. The highest BCUT2D eigenvalue weighted by Crippen LogP contribution is 2.39.